The summed E-state index contributed by atoms with van der Waals surface area (Å²) in [5, 5.41) is 9.86. The Balaban J connectivity index is 1.78. The number of aryl methyl sites for hydroxylation is 1. The molecule has 0 saturated heterocycles. The summed E-state index contributed by atoms with van der Waals surface area (Å²) in [7, 11) is 0. The Morgan fingerprint density at radius 2 is 2.08 bits per heavy atom. The summed E-state index contributed by atoms with van der Waals surface area (Å²) in [6.07, 6.45) is 0. The van der Waals surface area contributed by atoms with E-state index >= 15 is 0 Å². The minimum absolute atomic E-state index is 0.0527. The Bertz CT molecular complexity index is 925. The molecule has 25 heavy (non-hydrogen) atoms. The molecule has 6 nitrogen and oxygen atoms in total. The van der Waals surface area contributed by atoms with E-state index < -0.39 is 5.25 Å². The van der Waals surface area contributed by atoms with Gasteiger partial charge >= 0.3 is 0 Å². The fourth-order valence-electron chi connectivity index (χ4n) is 2.69. The number of aromatic nitrogens is 3. The van der Waals surface area contributed by atoms with Gasteiger partial charge in [0.1, 0.15) is 0 Å². The van der Waals surface area contributed by atoms with Crippen molar-refractivity contribution in [3.8, 4) is 10.8 Å². The number of Topliss-reactive ketones (excluding diaryl/α,β-unsaturated/α-hetero) is 2. The zero-order chi connectivity index (χ0) is 18.1. The summed E-state index contributed by atoms with van der Waals surface area (Å²) in [4.78, 5) is 28.4. The molecule has 0 aliphatic heterocycles. The number of H-pyrrole nitrogens is 1. The standard InChI is InChI=1S/C17H17N3O3S2/c1-8-13(10(3)21)9(2)18-14(8)15(22)11(4)25-17-20-19-16(23-17)12-6-5-7-24-12/h5-7,11,18H,1-4H3/t11-/m0/s1. The average Bonchev–Trinajstić information content (AvgIpc) is 3.26. The molecule has 0 fully saturated rings. The van der Waals surface area contributed by atoms with Gasteiger partial charge in [-0.05, 0) is 44.7 Å². The maximum Gasteiger partial charge on any atom is 0.277 e. The van der Waals surface area contributed by atoms with Crippen LogP contribution in [0.2, 0.25) is 0 Å². The number of hydrogen-bond donors (Lipinski definition) is 1. The monoisotopic (exact) mass is 375 g/mol. The lowest BCUT2D eigenvalue weighted by molar-refractivity contribution is 0.0988. The van der Waals surface area contributed by atoms with Gasteiger partial charge in [-0.3, -0.25) is 9.59 Å². The van der Waals surface area contributed by atoms with Crippen molar-refractivity contribution < 1.29 is 14.0 Å². The highest BCUT2D eigenvalue weighted by molar-refractivity contribution is 8.00. The average molecular weight is 375 g/mol. The molecule has 0 amide bonds. The summed E-state index contributed by atoms with van der Waals surface area (Å²) in [6, 6.07) is 3.81. The van der Waals surface area contributed by atoms with E-state index in [2.05, 4.69) is 15.2 Å². The van der Waals surface area contributed by atoms with Crippen molar-refractivity contribution in [2.24, 2.45) is 0 Å². The number of ketones is 2. The largest absolute Gasteiger partial charge is 0.410 e. The lowest BCUT2D eigenvalue weighted by Crippen LogP contribution is -2.15. The first kappa shape index (κ1) is 17.6. The van der Waals surface area contributed by atoms with E-state index in [0.717, 1.165) is 4.88 Å². The van der Waals surface area contributed by atoms with Crippen LogP contribution in [-0.2, 0) is 0 Å². The molecule has 3 rings (SSSR count). The Morgan fingerprint density at radius 3 is 2.68 bits per heavy atom. The number of nitrogens with zero attached hydrogens (tertiary/aromatic N) is 2. The highest BCUT2D eigenvalue weighted by Gasteiger charge is 2.25. The normalized spacial score (nSPS) is 12.3. The number of thiophene rings is 1. The summed E-state index contributed by atoms with van der Waals surface area (Å²) in [6.45, 7) is 6.86. The lowest BCUT2D eigenvalue weighted by atomic mass is 10.0. The Kier molecular flexibility index (Phi) is 4.91. The fraction of sp³-hybridized carbons (Fsp3) is 0.294. The van der Waals surface area contributed by atoms with Gasteiger partial charge in [0, 0.05) is 11.3 Å². The molecular formula is C17H17N3O3S2. The van der Waals surface area contributed by atoms with Gasteiger partial charge in [-0.1, -0.05) is 17.8 Å². The third kappa shape index (κ3) is 3.45. The minimum atomic E-state index is -0.423. The van der Waals surface area contributed by atoms with Crippen LogP contribution in [0.3, 0.4) is 0 Å². The van der Waals surface area contributed by atoms with Crippen molar-refractivity contribution in [2.45, 2.75) is 38.2 Å². The highest BCUT2D eigenvalue weighted by atomic mass is 32.2. The van der Waals surface area contributed by atoms with Crippen LogP contribution in [0.15, 0.2) is 27.2 Å². The van der Waals surface area contributed by atoms with Crippen molar-refractivity contribution in [1.29, 1.82) is 0 Å². The molecule has 0 aliphatic carbocycles. The van der Waals surface area contributed by atoms with Gasteiger partial charge in [-0.15, -0.1) is 21.5 Å². The fourth-order valence-corrected chi connectivity index (χ4v) is 4.08. The Labute approximate surface area is 153 Å². The third-order valence-corrected chi connectivity index (χ3v) is 5.61. The maximum absolute atomic E-state index is 12.7. The molecule has 0 unspecified atom stereocenters. The SMILES string of the molecule is CC(=O)c1c(C)[nH]c(C(=O)[C@H](C)Sc2nnc(-c3cccs3)o2)c1C. The number of thioether (sulfide) groups is 1. The topological polar surface area (TPSA) is 88.9 Å². The molecule has 0 aromatic carbocycles. The van der Waals surface area contributed by atoms with Crippen molar-refractivity contribution >= 4 is 34.7 Å². The molecule has 8 heteroatoms. The van der Waals surface area contributed by atoms with Gasteiger partial charge in [0.05, 0.1) is 15.8 Å². The van der Waals surface area contributed by atoms with E-state index in [9.17, 15) is 9.59 Å². The van der Waals surface area contributed by atoms with E-state index in [1.54, 1.807) is 20.8 Å². The number of carbonyl (C=O) groups is 2. The molecule has 3 heterocycles. The van der Waals surface area contributed by atoms with E-state index in [-0.39, 0.29) is 11.6 Å². The molecule has 0 bridgehead atoms. The molecule has 3 aromatic rings. The number of nitrogens with one attached hydrogen (secondary N) is 1. The quantitative estimate of drug-likeness (QED) is 0.510. The van der Waals surface area contributed by atoms with E-state index in [0.29, 0.717) is 33.6 Å². The van der Waals surface area contributed by atoms with Crippen LogP contribution in [-0.4, -0.2) is 32.0 Å². The molecule has 130 valence electrons. The van der Waals surface area contributed by atoms with Crippen molar-refractivity contribution in [3.05, 3.63) is 40.0 Å². The molecule has 0 aliphatic rings. The third-order valence-electron chi connectivity index (χ3n) is 3.82. The van der Waals surface area contributed by atoms with Gasteiger partial charge < -0.3 is 9.40 Å². The predicted octanol–water partition coefficient (Wildman–Crippen LogP) is 4.31. The van der Waals surface area contributed by atoms with E-state index in [1.165, 1.54) is 30.0 Å². The second-order valence-electron chi connectivity index (χ2n) is 5.66. The van der Waals surface area contributed by atoms with E-state index in [1.807, 2.05) is 17.5 Å². The minimum Gasteiger partial charge on any atom is -0.410 e. The number of rotatable bonds is 6. The zero-order valence-electron chi connectivity index (χ0n) is 14.2. The first-order chi connectivity index (χ1) is 11.9. The first-order valence-electron chi connectivity index (χ1n) is 7.66. The molecule has 1 N–H and O–H groups in total. The van der Waals surface area contributed by atoms with Gasteiger partial charge in [0.2, 0.25) is 0 Å². The molecule has 0 radical (unpaired) electrons. The van der Waals surface area contributed by atoms with Gasteiger partial charge in [-0.2, -0.15) is 0 Å². The van der Waals surface area contributed by atoms with Crippen LogP contribution in [0, 0.1) is 13.8 Å². The van der Waals surface area contributed by atoms with Crippen molar-refractivity contribution in [3.63, 3.8) is 0 Å². The molecule has 0 spiro atoms. The Hall–Kier alpha value is -2.19. The van der Waals surface area contributed by atoms with Crippen LogP contribution < -0.4 is 0 Å². The number of aromatic amines is 1. The highest BCUT2D eigenvalue weighted by Crippen LogP contribution is 2.30. The molecule has 1 atom stereocenters. The summed E-state index contributed by atoms with van der Waals surface area (Å²) in [5.41, 5.74) is 2.44. The smallest absolute Gasteiger partial charge is 0.277 e. The van der Waals surface area contributed by atoms with Crippen LogP contribution in [0.25, 0.3) is 10.8 Å². The first-order valence-corrected chi connectivity index (χ1v) is 9.42. The van der Waals surface area contributed by atoms with Gasteiger partial charge in [-0.25, -0.2) is 0 Å². The summed E-state index contributed by atoms with van der Waals surface area (Å²) < 4.78 is 5.62. The second kappa shape index (κ2) is 6.97. The molecule has 0 saturated carbocycles. The number of carbonyl (C=O) groups excluding carboxylic acids is 2. The predicted molar refractivity (Wildman–Crippen MR) is 97.5 cm³/mol. The second-order valence-corrected chi connectivity index (χ2v) is 7.90. The zero-order valence-corrected chi connectivity index (χ0v) is 15.9. The van der Waals surface area contributed by atoms with Crippen molar-refractivity contribution in [1.82, 2.24) is 15.2 Å². The molecular weight excluding hydrogens is 358 g/mol. The molecule has 3 aromatic heterocycles. The summed E-state index contributed by atoms with van der Waals surface area (Å²) >= 11 is 2.72. The van der Waals surface area contributed by atoms with Crippen LogP contribution >= 0.6 is 23.1 Å². The lowest BCUT2D eigenvalue weighted by Gasteiger charge is -2.07. The van der Waals surface area contributed by atoms with Crippen molar-refractivity contribution in [2.75, 3.05) is 0 Å². The van der Waals surface area contributed by atoms with Crippen LogP contribution in [0.4, 0.5) is 0 Å². The van der Waals surface area contributed by atoms with Crippen LogP contribution in [0.5, 0.6) is 0 Å². The number of hydrogen-bond acceptors (Lipinski definition) is 7. The maximum atomic E-state index is 12.7. The van der Waals surface area contributed by atoms with Gasteiger partial charge in [0.25, 0.3) is 11.1 Å². The van der Waals surface area contributed by atoms with Gasteiger partial charge in [0.15, 0.2) is 11.6 Å². The van der Waals surface area contributed by atoms with E-state index in [4.69, 9.17) is 4.42 Å². The Morgan fingerprint density at radius 1 is 1.32 bits per heavy atom. The summed E-state index contributed by atoms with van der Waals surface area (Å²) in [5.74, 6) is 0.292. The van der Waals surface area contributed by atoms with Crippen LogP contribution in [0.1, 0.15) is 46.0 Å².